The number of carbonyl (C=O) groups excluding carboxylic acids is 1. The lowest BCUT2D eigenvalue weighted by atomic mass is 10.1. The van der Waals surface area contributed by atoms with Crippen LogP contribution in [0.2, 0.25) is 0 Å². The first kappa shape index (κ1) is 16.9. The number of amides is 1. The van der Waals surface area contributed by atoms with Gasteiger partial charge in [0, 0.05) is 24.5 Å². The molecule has 23 heavy (non-hydrogen) atoms. The van der Waals surface area contributed by atoms with E-state index in [0.717, 1.165) is 35.6 Å². The summed E-state index contributed by atoms with van der Waals surface area (Å²) in [5, 5.41) is 2.95. The van der Waals surface area contributed by atoms with Gasteiger partial charge in [0.1, 0.15) is 5.69 Å². The van der Waals surface area contributed by atoms with Gasteiger partial charge in [0.15, 0.2) is 0 Å². The largest absolute Gasteiger partial charge is 0.341 e. The van der Waals surface area contributed by atoms with Crippen molar-refractivity contribution in [3.63, 3.8) is 0 Å². The third-order valence-corrected chi connectivity index (χ3v) is 3.76. The molecule has 1 aromatic carbocycles. The molecule has 0 spiro atoms. The SMILES string of the molecule is CCN(CC)c1nc(C)cc(C(=O)Nc2cc(C)ccc2C)n1. The van der Waals surface area contributed by atoms with Crippen LogP contribution in [0.1, 0.15) is 41.2 Å². The summed E-state index contributed by atoms with van der Waals surface area (Å²) in [5.74, 6) is 0.388. The summed E-state index contributed by atoms with van der Waals surface area (Å²) in [6, 6.07) is 7.70. The van der Waals surface area contributed by atoms with Crippen LogP contribution in [-0.4, -0.2) is 29.0 Å². The van der Waals surface area contributed by atoms with E-state index in [-0.39, 0.29) is 5.91 Å². The standard InChI is InChI=1S/C18H24N4O/c1-6-22(7-2)18-19-14(5)11-16(21-18)17(23)20-15-10-12(3)8-9-13(15)4/h8-11H,6-7H2,1-5H3,(H,20,23). The maximum absolute atomic E-state index is 12.6. The van der Waals surface area contributed by atoms with Crippen molar-refractivity contribution in [2.24, 2.45) is 0 Å². The van der Waals surface area contributed by atoms with Crippen molar-refractivity contribution in [1.82, 2.24) is 9.97 Å². The minimum absolute atomic E-state index is 0.211. The van der Waals surface area contributed by atoms with Crippen LogP contribution in [0.5, 0.6) is 0 Å². The molecule has 1 N–H and O–H groups in total. The molecule has 1 amide bonds. The third kappa shape index (κ3) is 4.06. The van der Waals surface area contributed by atoms with Gasteiger partial charge in [-0.1, -0.05) is 12.1 Å². The summed E-state index contributed by atoms with van der Waals surface area (Å²) in [7, 11) is 0. The second-order valence-electron chi connectivity index (χ2n) is 5.64. The van der Waals surface area contributed by atoms with Crippen LogP contribution in [0, 0.1) is 20.8 Å². The van der Waals surface area contributed by atoms with E-state index in [4.69, 9.17) is 0 Å². The Morgan fingerprint density at radius 3 is 2.43 bits per heavy atom. The Hall–Kier alpha value is -2.43. The molecule has 0 saturated carbocycles. The van der Waals surface area contributed by atoms with Crippen molar-refractivity contribution in [3.05, 3.63) is 46.8 Å². The van der Waals surface area contributed by atoms with Gasteiger partial charge in [-0.25, -0.2) is 9.97 Å². The van der Waals surface area contributed by atoms with Crippen molar-refractivity contribution in [2.45, 2.75) is 34.6 Å². The van der Waals surface area contributed by atoms with Crippen molar-refractivity contribution in [1.29, 1.82) is 0 Å². The zero-order chi connectivity index (χ0) is 17.0. The Balaban J connectivity index is 2.30. The van der Waals surface area contributed by atoms with Gasteiger partial charge < -0.3 is 10.2 Å². The fourth-order valence-electron chi connectivity index (χ4n) is 2.37. The van der Waals surface area contributed by atoms with Crippen LogP contribution in [0.4, 0.5) is 11.6 Å². The predicted octanol–water partition coefficient (Wildman–Crippen LogP) is 3.50. The molecule has 0 radical (unpaired) electrons. The lowest BCUT2D eigenvalue weighted by molar-refractivity contribution is 0.102. The highest BCUT2D eigenvalue weighted by Crippen LogP contribution is 2.18. The second-order valence-corrected chi connectivity index (χ2v) is 5.64. The second kappa shape index (κ2) is 7.22. The number of hydrogen-bond acceptors (Lipinski definition) is 4. The maximum atomic E-state index is 12.6. The van der Waals surface area contributed by atoms with E-state index in [1.807, 2.05) is 57.7 Å². The van der Waals surface area contributed by atoms with E-state index in [2.05, 4.69) is 15.3 Å². The van der Waals surface area contributed by atoms with Crippen molar-refractivity contribution >= 4 is 17.5 Å². The van der Waals surface area contributed by atoms with Crippen molar-refractivity contribution in [3.8, 4) is 0 Å². The quantitative estimate of drug-likeness (QED) is 0.918. The van der Waals surface area contributed by atoms with Gasteiger partial charge in [-0.2, -0.15) is 0 Å². The average molecular weight is 312 g/mol. The maximum Gasteiger partial charge on any atom is 0.274 e. The molecular formula is C18H24N4O. The summed E-state index contributed by atoms with van der Waals surface area (Å²) >= 11 is 0. The highest BCUT2D eigenvalue weighted by Gasteiger charge is 2.14. The molecule has 1 aromatic heterocycles. The fourth-order valence-corrected chi connectivity index (χ4v) is 2.37. The molecule has 0 aliphatic rings. The number of nitrogens with zero attached hydrogens (tertiary/aromatic N) is 3. The zero-order valence-electron chi connectivity index (χ0n) is 14.5. The summed E-state index contributed by atoms with van der Waals surface area (Å²) in [4.78, 5) is 23.4. The number of carbonyl (C=O) groups is 1. The van der Waals surface area contributed by atoms with E-state index in [0.29, 0.717) is 11.6 Å². The van der Waals surface area contributed by atoms with Gasteiger partial charge >= 0.3 is 0 Å². The molecule has 2 rings (SSSR count). The number of rotatable bonds is 5. The average Bonchev–Trinajstić information content (AvgIpc) is 2.51. The van der Waals surface area contributed by atoms with E-state index in [1.165, 1.54) is 0 Å². The lowest BCUT2D eigenvalue weighted by Gasteiger charge is -2.19. The van der Waals surface area contributed by atoms with Crippen LogP contribution in [0.15, 0.2) is 24.3 Å². The molecule has 1 heterocycles. The van der Waals surface area contributed by atoms with Crippen LogP contribution < -0.4 is 10.2 Å². The Morgan fingerprint density at radius 1 is 1.09 bits per heavy atom. The highest BCUT2D eigenvalue weighted by atomic mass is 16.1. The predicted molar refractivity (Wildman–Crippen MR) is 94.2 cm³/mol. The smallest absolute Gasteiger partial charge is 0.274 e. The van der Waals surface area contributed by atoms with Crippen LogP contribution in [0.3, 0.4) is 0 Å². The Morgan fingerprint density at radius 2 is 1.78 bits per heavy atom. The number of benzene rings is 1. The molecule has 2 aromatic rings. The first-order valence-electron chi connectivity index (χ1n) is 7.93. The Kier molecular flexibility index (Phi) is 5.32. The van der Waals surface area contributed by atoms with Gasteiger partial charge in [-0.15, -0.1) is 0 Å². The van der Waals surface area contributed by atoms with E-state index in [1.54, 1.807) is 6.07 Å². The molecule has 0 saturated heterocycles. The first-order valence-corrected chi connectivity index (χ1v) is 7.93. The monoisotopic (exact) mass is 312 g/mol. The minimum Gasteiger partial charge on any atom is -0.341 e. The highest BCUT2D eigenvalue weighted by molar-refractivity contribution is 6.03. The molecule has 0 aliphatic carbocycles. The van der Waals surface area contributed by atoms with Crippen LogP contribution in [0.25, 0.3) is 0 Å². The molecule has 5 heteroatoms. The normalized spacial score (nSPS) is 10.5. The van der Waals surface area contributed by atoms with E-state index < -0.39 is 0 Å². The number of hydrogen-bond donors (Lipinski definition) is 1. The van der Waals surface area contributed by atoms with Gasteiger partial charge in [-0.3, -0.25) is 4.79 Å². The topological polar surface area (TPSA) is 58.1 Å². The molecule has 0 fully saturated rings. The van der Waals surface area contributed by atoms with E-state index >= 15 is 0 Å². The van der Waals surface area contributed by atoms with Crippen molar-refractivity contribution < 1.29 is 4.79 Å². The fraction of sp³-hybridized carbons (Fsp3) is 0.389. The molecular weight excluding hydrogens is 288 g/mol. The molecule has 5 nitrogen and oxygen atoms in total. The van der Waals surface area contributed by atoms with Gasteiger partial charge in [0.2, 0.25) is 5.95 Å². The zero-order valence-corrected chi connectivity index (χ0v) is 14.5. The van der Waals surface area contributed by atoms with Gasteiger partial charge in [0.05, 0.1) is 0 Å². The molecule has 0 aliphatic heterocycles. The summed E-state index contributed by atoms with van der Waals surface area (Å²) in [6.07, 6.45) is 0. The first-order chi connectivity index (χ1) is 10.9. The number of anilines is 2. The molecule has 0 bridgehead atoms. The molecule has 0 atom stereocenters. The third-order valence-electron chi connectivity index (χ3n) is 3.76. The Labute approximate surface area is 137 Å². The van der Waals surface area contributed by atoms with Crippen LogP contribution in [-0.2, 0) is 0 Å². The number of nitrogens with one attached hydrogen (secondary N) is 1. The summed E-state index contributed by atoms with van der Waals surface area (Å²) in [5.41, 5.74) is 4.12. The minimum atomic E-state index is -0.211. The van der Waals surface area contributed by atoms with E-state index in [9.17, 15) is 4.79 Å². The number of aryl methyl sites for hydroxylation is 3. The molecule has 122 valence electrons. The van der Waals surface area contributed by atoms with Crippen LogP contribution >= 0.6 is 0 Å². The van der Waals surface area contributed by atoms with Gasteiger partial charge in [-0.05, 0) is 57.9 Å². The Bertz CT molecular complexity index is 708. The lowest BCUT2D eigenvalue weighted by Crippen LogP contribution is -2.26. The van der Waals surface area contributed by atoms with Crippen molar-refractivity contribution in [2.75, 3.05) is 23.3 Å². The number of aromatic nitrogens is 2. The molecule has 0 unspecified atom stereocenters. The summed E-state index contributed by atoms with van der Waals surface area (Å²) in [6.45, 7) is 11.6. The van der Waals surface area contributed by atoms with Gasteiger partial charge in [0.25, 0.3) is 5.91 Å². The summed E-state index contributed by atoms with van der Waals surface area (Å²) < 4.78 is 0.